The lowest BCUT2D eigenvalue weighted by Crippen LogP contribution is -2.35. The predicted molar refractivity (Wildman–Crippen MR) is 160 cm³/mol. The summed E-state index contributed by atoms with van der Waals surface area (Å²) in [5, 5.41) is 7.70. The minimum Gasteiger partial charge on any atom is -0.491 e. The molecule has 2 amide bonds. The quantitative estimate of drug-likeness (QED) is 0.122. The highest BCUT2D eigenvalue weighted by molar-refractivity contribution is 7.07. The lowest BCUT2D eigenvalue weighted by Gasteiger charge is -2.12. The summed E-state index contributed by atoms with van der Waals surface area (Å²) >= 11 is 1.64. The second kappa shape index (κ2) is 17.6. The van der Waals surface area contributed by atoms with E-state index >= 15 is 0 Å². The van der Waals surface area contributed by atoms with E-state index < -0.39 is 11.8 Å². The van der Waals surface area contributed by atoms with E-state index in [-0.39, 0.29) is 5.75 Å². The summed E-state index contributed by atoms with van der Waals surface area (Å²) in [6, 6.07) is 11.8. The van der Waals surface area contributed by atoms with E-state index in [1.165, 1.54) is 70.3 Å². The number of amides is 2. The zero-order valence-electron chi connectivity index (χ0n) is 23.6. The molecule has 1 aromatic heterocycles. The summed E-state index contributed by atoms with van der Waals surface area (Å²) in [6.07, 6.45) is 15.3. The van der Waals surface area contributed by atoms with Crippen LogP contribution in [0.1, 0.15) is 95.2 Å². The normalized spacial score (nSPS) is 10.9. The van der Waals surface area contributed by atoms with Crippen LogP contribution in [0.2, 0.25) is 0 Å². The molecular formula is C32H45FN3O2S+. The molecule has 212 valence electrons. The number of hydrogen-bond donors (Lipinski definition) is 2. The van der Waals surface area contributed by atoms with Gasteiger partial charge in [-0.15, -0.1) is 0 Å². The molecule has 0 aliphatic rings. The molecule has 0 saturated heterocycles. The molecule has 0 fully saturated rings. The Balaban J connectivity index is 1.33. The van der Waals surface area contributed by atoms with Crippen molar-refractivity contribution in [2.45, 2.75) is 97.4 Å². The van der Waals surface area contributed by atoms with Crippen LogP contribution in [0.25, 0.3) is 0 Å². The first-order chi connectivity index (χ1) is 19.1. The number of anilines is 2. The van der Waals surface area contributed by atoms with Crippen LogP contribution in [-0.2, 0) is 6.54 Å². The Hall–Kier alpha value is -2.93. The first-order valence-electron chi connectivity index (χ1n) is 14.6. The van der Waals surface area contributed by atoms with Crippen molar-refractivity contribution in [3.8, 4) is 5.75 Å². The minimum atomic E-state index is -0.475. The van der Waals surface area contributed by atoms with Gasteiger partial charge in [0.15, 0.2) is 23.8 Å². The van der Waals surface area contributed by atoms with Crippen molar-refractivity contribution in [3.63, 3.8) is 0 Å². The van der Waals surface area contributed by atoms with Gasteiger partial charge in [-0.3, -0.25) is 0 Å². The largest absolute Gasteiger partial charge is 0.491 e. The molecule has 3 aromatic rings. The van der Waals surface area contributed by atoms with Crippen LogP contribution < -0.4 is 19.9 Å². The van der Waals surface area contributed by atoms with E-state index in [4.69, 9.17) is 4.74 Å². The van der Waals surface area contributed by atoms with Gasteiger partial charge in [-0.05, 0) is 24.6 Å². The zero-order chi connectivity index (χ0) is 27.7. The highest BCUT2D eigenvalue weighted by Crippen LogP contribution is 2.22. The van der Waals surface area contributed by atoms with E-state index in [0.717, 1.165) is 29.8 Å². The monoisotopic (exact) mass is 554 g/mol. The Kier molecular flexibility index (Phi) is 13.8. The van der Waals surface area contributed by atoms with Gasteiger partial charge >= 0.3 is 6.03 Å². The molecule has 39 heavy (non-hydrogen) atoms. The van der Waals surface area contributed by atoms with Gasteiger partial charge in [-0.25, -0.2) is 9.18 Å². The summed E-state index contributed by atoms with van der Waals surface area (Å²) in [5.41, 5.74) is 5.30. The number of halogens is 1. The number of benzene rings is 2. The van der Waals surface area contributed by atoms with Gasteiger partial charge in [0.1, 0.15) is 0 Å². The molecule has 0 spiro atoms. The van der Waals surface area contributed by atoms with Crippen LogP contribution >= 0.6 is 11.3 Å². The fourth-order valence-electron chi connectivity index (χ4n) is 4.58. The molecule has 7 heteroatoms. The number of unbranched alkanes of at least 4 members (excludes halogenated alkanes) is 11. The van der Waals surface area contributed by atoms with Gasteiger partial charge < -0.3 is 15.4 Å². The van der Waals surface area contributed by atoms with Crippen LogP contribution in [0.3, 0.4) is 0 Å². The molecule has 0 radical (unpaired) electrons. The summed E-state index contributed by atoms with van der Waals surface area (Å²) < 4.78 is 22.4. The Bertz CT molecular complexity index is 1130. The molecule has 2 N–H and O–H groups in total. The first-order valence-corrected chi connectivity index (χ1v) is 15.5. The van der Waals surface area contributed by atoms with Crippen LogP contribution in [-0.4, -0.2) is 12.6 Å². The lowest BCUT2D eigenvalue weighted by atomic mass is 10.1. The standard InChI is InChI=1S/C32H44FN3O2S/c1-3-4-5-6-7-8-9-10-11-12-13-16-21-38-31-20-19-28(22-29(31)33)34-32(37)35-30-18-15-14-17-27(30)23-36-25-39-24-26(36)2/h14-15,17-20,22,24-25H,3-13,16,21,23H2,1-2H3,(H-,34,35,37)/p+1. The van der Waals surface area contributed by atoms with Gasteiger partial charge in [0.2, 0.25) is 5.51 Å². The number of nitrogens with one attached hydrogen (secondary N) is 2. The number of nitrogens with zero attached hydrogens (tertiary/aromatic N) is 1. The van der Waals surface area contributed by atoms with Crippen molar-refractivity contribution >= 4 is 28.7 Å². The average Bonchev–Trinajstić information content (AvgIpc) is 3.33. The number of rotatable bonds is 18. The number of hydrogen-bond acceptors (Lipinski definition) is 3. The highest BCUT2D eigenvalue weighted by atomic mass is 32.1. The molecule has 0 aliphatic carbocycles. The number of ether oxygens (including phenoxy) is 1. The van der Waals surface area contributed by atoms with E-state index in [0.29, 0.717) is 18.8 Å². The highest BCUT2D eigenvalue weighted by Gasteiger charge is 2.14. The molecule has 0 aliphatic heterocycles. The summed E-state index contributed by atoms with van der Waals surface area (Å²) in [5.74, 6) is -0.256. The topological polar surface area (TPSA) is 54.2 Å². The van der Waals surface area contributed by atoms with Crippen molar-refractivity contribution < 1.29 is 18.5 Å². The van der Waals surface area contributed by atoms with Gasteiger partial charge in [0.05, 0.1) is 17.7 Å². The van der Waals surface area contributed by atoms with Crippen LogP contribution in [0, 0.1) is 12.7 Å². The third-order valence-corrected chi connectivity index (χ3v) is 7.78. The number of thiazole rings is 1. The van der Waals surface area contributed by atoms with Crippen LogP contribution in [0.4, 0.5) is 20.6 Å². The van der Waals surface area contributed by atoms with E-state index in [9.17, 15) is 9.18 Å². The van der Waals surface area contributed by atoms with Crippen molar-refractivity contribution in [2.24, 2.45) is 0 Å². The van der Waals surface area contributed by atoms with E-state index in [1.807, 2.05) is 24.3 Å². The molecule has 0 atom stereocenters. The van der Waals surface area contributed by atoms with Gasteiger partial charge in [-0.1, -0.05) is 107 Å². The molecule has 0 unspecified atom stereocenters. The lowest BCUT2D eigenvalue weighted by molar-refractivity contribution is -0.689. The first kappa shape index (κ1) is 30.6. The number of aromatic nitrogens is 1. The molecule has 0 saturated carbocycles. The molecule has 1 heterocycles. The number of carbonyl (C=O) groups excluding carboxylic acids is 1. The Morgan fingerprint density at radius 3 is 2.21 bits per heavy atom. The average molecular weight is 555 g/mol. The maximum absolute atomic E-state index is 14.6. The molecule has 3 rings (SSSR count). The van der Waals surface area contributed by atoms with Crippen molar-refractivity contribution in [2.75, 3.05) is 17.2 Å². The summed E-state index contributed by atoms with van der Waals surface area (Å²) in [7, 11) is 0. The zero-order valence-corrected chi connectivity index (χ0v) is 24.5. The Morgan fingerprint density at radius 2 is 1.56 bits per heavy atom. The molecule has 0 bridgehead atoms. The maximum atomic E-state index is 14.6. The number of urea groups is 1. The maximum Gasteiger partial charge on any atom is 0.323 e. The SMILES string of the molecule is CCCCCCCCCCCCCCOc1ccc(NC(=O)Nc2ccccc2C[n+]2cscc2C)cc1F. The second-order valence-corrected chi connectivity index (χ2v) is 11.0. The molecular weight excluding hydrogens is 509 g/mol. The Morgan fingerprint density at radius 1 is 0.897 bits per heavy atom. The van der Waals surface area contributed by atoms with E-state index in [2.05, 4.69) is 39.9 Å². The van der Waals surface area contributed by atoms with Gasteiger partial charge in [0.25, 0.3) is 0 Å². The van der Waals surface area contributed by atoms with Crippen LogP contribution in [0.5, 0.6) is 5.75 Å². The summed E-state index contributed by atoms with van der Waals surface area (Å²) in [6.45, 7) is 5.47. The van der Waals surface area contributed by atoms with Crippen molar-refractivity contribution in [3.05, 3.63) is 70.4 Å². The smallest absolute Gasteiger partial charge is 0.323 e. The third-order valence-electron chi connectivity index (χ3n) is 6.93. The molecule has 2 aromatic carbocycles. The fraction of sp³-hybridized carbons (Fsp3) is 0.500. The van der Waals surface area contributed by atoms with Gasteiger partial charge in [0, 0.05) is 24.2 Å². The van der Waals surface area contributed by atoms with Crippen LogP contribution in [0.15, 0.2) is 53.4 Å². The number of aryl methyl sites for hydroxylation is 1. The third kappa shape index (κ3) is 11.4. The number of carbonyl (C=O) groups is 1. The predicted octanol–water partition coefficient (Wildman–Crippen LogP) is 9.26. The fourth-order valence-corrected chi connectivity index (χ4v) is 5.37. The van der Waals surface area contributed by atoms with Crippen molar-refractivity contribution in [1.29, 1.82) is 0 Å². The summed E-state index contributed by atoms with van der Waals surface area (Å²) in [4.78, 5) is 12.6. The minimum absolute atomic E-state index is 0.220. The number of para-hydroxylation sites is 1. The van der Waals surface area contributed by atoms with E-state index in [1.54, 1.807) is 23.5 Å². The second-order valence-electron chi connectivity index (χ2n) is 10.2. The van der Waals surface area contributed by atoms with Gasteiger partial charge in [-0.2, -0.15) is 4.57 Å². The Labute approximate surface area is 237 Å². The molecule has 5 nitrogen and oxygen atoms in total. The van der Waals surface area contributed by atoms with Crippen molar-refractivity contribution in [1.82, 2.24) is 0 Å².